The Labute approximate surface area is 196 Å². The lowest BCUT2D eigenvalue weighted by Crippen LogP contribution is -2.55. The smallest absolute Gasteiger partial charge is 0.434 e. The van der Waals surface area contributed by atoms with Crippen LogP contribution in [0.5, 0.6) is 0 Å². The molecule has 9 nitrogen and oxygen atoms in total. The van der Waals surface area contributed by atoms with Crippen LogP contribution in [0.15, 0.2) is 17.9 Å². The maximum absolute atomic E-state index is 15.3. The van der Waals surface area contributed by atoms with Gasteiger partial charge in [-0.05, 0) is 38.3 Å². The van der Waals surface area contributed by atoms with Crippen LogP contribution in [0.1, 0.15) is 30.9 Å². The van der Waals surface area contributed by atoms with Crippen molar-refractivity contribution in [2.24, 2.45) is 0 Å². The van der Waals surface area contributed by atoms with Gasteiger partial charge in [-0.1, -0.05) is 17.7 Å². The molecule has 1 aromatic carbocycles. The molecule has 0 unspecified atom stereocenters. The van der Waals surface area contributed by atoms with Crippen LogP contribution < -0.4 is 0 Å². The average molecular weight is 487 g/mol. The third-order valence-electron chi connectivity index (χ3n) is 5.73. The molecule has 2 aliphatic rings. The summed E-state index contributed by atoms with van der Waals surface area (Å²) < 4.78 is 30.9. The Hall–Kier alpha value is -2.24. The fraction of sp³-hybridized carbons (Fsp3) is 0.545. The van der Waals surface area contributed by atoms with Crippen molar-refractivity contribution in [2.75, 3.05) is 47.1 Å². The van der Waals surface area contributed by atoms with Crippen LogP contribution in [0, 0.1) is 12.7 Å². The summed E-state index contributed by atoms with van der Waals surface area (Å²) >= 11 is 6.35. The van der Waals surface area contributed by atoms with E-state index in [1.54, 1.807) is 26.0 Å². The van der Waals surface area contributed by atoms with Crippen molar-refractivity contribution < 1.29 is 37.9 Å². The van der Waals surface area contributed by atoms with E-state index in [4.69, 9.17) is 35.5 Å². The van der Waals surface area contributed by atoms with E-state index in [0.29, 0.717) is 25.9 Å². The first-order valence-corrected chi connectivity index (χ1v) is 11.0. The van der Waals surface area contributed by atoms with Crippen LogP contribution in [-0.2, 0) is 28.7 Å². The van der Waals surface area contributed by atoms with Gasteiger partial charge in [0, 0.05) is 25.8 Å². The second-order valence-electron chi connectivity index (χ2n) is 7.61. The van der Waals surface area contributed by atoms with E-state index in [0.717, 1.165) is 5.06 Å². The molecule has 0 N–H and O–H groups in total. The number of hydroxylamine groups is 4. The molecule has 0 aromatic heterocycles. The second-order valence-corrected chi connectivity index (χ2v) is 8.02. The molecule has 0 saturated carbocycles. The largest absolute Gasteiger partial charge is 0.513 e. The maximum atomic E-state index is 15.3. The van der Waals surface area contributed by atoms with Crippen molar-refractivity contribution in [3.05, 3.63) is 39.9 Å². The minimum Gasteiger partial charge on any atom is -0.434 e. The standard InChI is InChI=1S/C22H28ClFN2O7/c1-5-31-21(28)33-19-17(16-15(23)7-6-14(2)18(16)24)20(27)26(32-13-12-29-3)22(19)8-10-25(30-4)11-9-22/h6-7H,5,8-13H2,1-4H3. The molecule has 0 atom stereocenters. The first-order chi connectivity index (χ1) is 15.8. The Kier molecular flexibility index (Phi) is 8.30. The minimum atomic E-state index is -1.19. The van der Waals surface area contributed by atoms with Crippen LogP contribution >= 0.6 is 11.6 Å². The molecule has 182 valence electrons. The molecular formula is C22H28ClFN2O7. The van der Waals surface area contributed by atoms with Gasteiger partial charge in [0.15, 0.2) is 5.76 Å². The molecule has 11 heteroatoms. The first-order valence-electron chi connectivity index (χ1n) is 10.6. The molecule has 1 saturated heterocycles. The Morgan fingerprint density at radius 1 is 1.21 bits per heavy atom. The molecule has 0 bridgehead atoms. The van der Waals surface area contributed by atoms with E-state index in [2.05, 4.69) is 0 Å². The summed E-state index contributed by atoms with van der Waals surface area (Å²) in [6, 6.07) is 3.00. The van der Waals surface area contributed by atoms with Crippen molar-refractivity contribution in [1.29, 1.82) is 0 Å². The van der Waals surface area contributed by atoms with Crippen LogP contribution in [0.3, 0.4) is 0 Å². The van der Waals surface area contributed by atoms with Crippen molar-refractivity contribution in [3.8, 4) is 0 Å². The quantitative estimate of drug-likeness (QED) is 0.407. The van der Waals surface area contributed by atoms with Gasteiger partial charge in [0.2, 0.25) is 0 Å². The summed E-state index contributed by atoms with van der Waals surface area (Å²) in [5.41, 5.74) is -1.22. The van der Waals surface area contributed by atoms with E-state index >= 15 is 4.39 Å². The highest BCUT2D eigenvalue weighted by Crippen LogP contribution is 2.49. The molecule has 2 aliphatic heterocycles. The Bertz CT molecular complexity index is 932. The Morgan fingerprint density at radius 3 is 2.52 bits per heavy atom. The number of hydrogen-bond acceptors (Lipinski definition) is 8. The highest BCUT2D eigenvalue weighted by molar-refractivity contribution is 6.35. The van der Waals surface area contributed by atoms with Crippen LogP contribution in [0.2, 0.25) is 5.02 Å². The number of piperidine rings is 1. The fourth-order valence-electron chi connectivity index (χ4n) is 4.06. The molecule has 1 fully saturated rings. The maximum Gasteiger partial charge on any atom is 0.513 e. The molecule has 2 heterocycles. The predicted octanol–water partition coefficient (Wildman–Crippen LogP) is 3.49. The van der Waals surface area contributed by atoms with Gasteiger partial charge >= 0.3 is 6.16 Å². The van der Waals surface area contributed by atoms with Gasteiger partial charge < -0.3 is 19.0 Å². The van der Waals surface area contributed by atoms with Gasteiger partial charge in [-0.25, -0.2) is 14.2 Å². The molecule has 33 heavy (non-hydrogen) atoms. The number of hydrogen-bond donors (Lipinski definition) is 0. The summed E-state index contributed by atoms with van der Waals surface area (Å²) in [5.74, 6) is -1.40. The SMILES string of the molecule is CCOC(=O)OC1=C(c2c(Cl)ccc(C)c2F)C(=O)N(OCCOC)C12CCN(OC)CC2. The number of methoxy groups -OCH3 is 1. The third kappa shape index (κ3) is 4.85. The lowest BCUT2D eigenvalue weighted by Gasteiger charge is -2.43. The Morgan fingerprint density at radius 2 is 1.91 bits per heavy atom. The summed E-state index contributed by atoms with van der Waals surface area (Å²) in [4.78, 5) is 37.2. The lowest BCUT2D eigenvalue weighted by molar-refractivity contribution is -0.235. The molecule has 1 amide bonds. The van der Waals surface area contributed by atoms with Crippen molar-refractivity contribution in [2.45, 2.75) is 32.2 Å². The fourth-order valence-corrected chi connectivity index (χ4v) is 4.30. The average Bonchev–Trinajstić information content (AvgIpc) is 3.00. The number of nitrogens with zero attached hydrogens (tertiary/aromatic N) is 2. The molecule has 0 radical (unpaired) electrons. The number of rotatable bonds is 8. The van der Waals surface area contributed by atoms with Crippen molar-refractivity contribution >= 4 is 29.2 Å². The van der Waals surface area contributed by atoms with Crippen molar-refractivity contribution in [3.63, 3.8) is 0 Å². The van der Waals surface area contributed by atoms with Gasteiger partial charge in [-0.15, -0.1) is 0 Å². The number of aryl methyl sites for hydroxylation is 1. The highest BCUT2D eigenvalue weighted by atomic mass is 35.5. The number of carbonyl (C=O) groups excluding carboxylic acids is 2. The topological polar surface area (TPSA) is 86.8 Å². The summed E-state index contributed by atoms with van der Waals surface area (Å²) in [6.45, 7) is 4.32. The normalized spacial score (nSPS) is 18.4. The van der Waals surface area contributed by atoms with Gasteiger partial charge in [-0.2, -0.15) is 5.06 Å². The molecule has 1 spiro atoms. The molecule has 0 aliphatic carbocycles. The molecule has 3 rings (SSSR count). The molecule has 1 aromatic rings. The van der Waals surface area contributed by atoms with Gasteiger partial charge in [-0.3, -0.25) is 9.63 Å². The lowest BCUT2D eigenvalue weighted by atomic mass is 9.85. The van der Waals surface area contributed by atoms with E-state index in [1.165, 1.54) is 19.2 Å². The van der Waals surface area contributed by atoms with Crippen LogP contribution in [0.4, 0.5) is 9.18 Å². The zero-order valence-corrected chi connectivity index (χ0v) is 19.9. The van der Waals surface area contributed by atoms with E-state index in [1.807, 2.05) is 0 Å². The van der Waals surface area contributed by atoms with Gasteiger partial charge in [0.1, 0.15) is 11.4 Å². The van der Waals surface area contributed by atoms with Crippen LogP contribution in [-0.4, -0.2) is 74.9 Å². The zero-order valence-electron chi connectivity index (χ0n) is 19.1. The number of carbonyl (C=O) groups is 2. The number of amides is 1. The van der Waals surface area contributed by atoms with Gasteiger partial charge in [0.25, 0.3) is 5.91 Å². The highest BCUT2D eigenvalue weighted by Gasteiger charge is 2.57. The van der Waals surface area contributed by atoms with Gasteiger partial charge in [0.05, 0.1) is 37.5 Å². The zero-order chi connectivity index (χ0) is 24.2. The Balaban J connectivity index is 2.19. The summed E-state index contributed by atoms with van der Waals surface area (Å²) in [7, 11) is 3.05. The van der Waals surface area contributed by atoms with Crippen molar-refractivity contribution in [1.82, 2.24) is 10.1 Å². The van der Waals surface area contributed by atoms with E-state index in [-0.39, 0.29) is 47.3 Å². The first kappa shape index (κ1) is 25.4. The minimum absolute atomic E-state index is 0.00891. The molecular weight excluding hydrogens is 459 g/mol. The second kappa shape index (κ2) is 10.8. The van der Waals surface area contributed by atoms with Crippen LogP contribution in [0.25, 0.3) is 5.57 Å². The van der Waals surface area contributed by atoms with E-state index < -0.39 is 23.4 Å². The number of benzene rings is 1. The summed E-state index contributed by atoms with van der Waals surface area (Å²) in [6.07, 6.45) is -0.416. The monoisotopic (exact) mass is 486 g/mol. The number of ether oxygens (including phenoxy) is 3. The predicted molar refractivity (Wildman–Crippen MR) is 116 cm³/mol. The van der Waals surface area contributed by atoms with E-state index in [9.17, 15) is 9.59 Å². The third-order valence-corrected chi connectivity index (χ3v) is 6.05. The summed E-state index contributed by atoms with van der Waals surface area (Å²) in [5, 5.41) is 2.87. The number of halogens is 2.